The van der Waals surface area contributed by atoms with Gasteiger partial charge in [-0.25, -0.2) is 0 Å². The van der Waals surface area contributed by atoms with Crippen LogP contribution in [-0.2, 0) is 19.6 Å². The topological polar surface area (TPSA) is 81.7 Å². The van der Waals surface area contributed by atoms with Crippen molar-refractivity contribution in [3.05, 3.63) is 24.3 Å². The maximum absolute atomic E-state index is 13.6. The average molecular weight is 449 g/mol. The van der Waals surface area contributed by atoms with Crippen molar-refractivity contribution in [1.82, 2.24) is 0 Å². The van der Waals surface area contributed by atoms with Crippen LogP contribution in [0.2, 0.25) is 0 Å². The van der Waals surface area contributed by atoms with Crippen LogP contribution in [0.4, 0.5) is 23.2 Å². The van der Waals surface area contributed by atoms with Gasteiger partial charge in [-0.15, -0.1) is 0 Å². The van der Waals surface area contributed by atoms with Crippen molar-refractivity contribution < 1.29 is 39.7 Å². The Bertz CT molecular complexity index is 737. The Balaban J connectivity index is 3.05. The van der Waals surface area contributed by atoms with E-state index in [4.69, 9.17) is 34.8 Å². The van der Waals surface area contributed by atoms with Gasteiger partial charge in [-0.3, -0.25) is 9.53 Å². The second-order valence-corrected chi connectivity index (χ2v) is 8.09. The van der Waals surface area contributed by atoms with Gasteiger partial charge in [0.05, 0.1) is 0 Å². The maximum Gasteiger partial charge on any atom is 0.471 e. The minimum atomic E-state index is -6.25. The summed E-state index contributed by atoms with van der Waals surface area (Å²) < 4.78 is 80.8. The van der Waals surface area contributed by atoms with Crippen LogP contribution in [0.25, 0.3) is 0 Å². The molecule has 6 nitrogen and oxygen atoms in total. The first-order chi connectivity index (χ1) is 11.1. The lowest BCUT2D eigenvalue weighted by Gasteiger charge is -2.27. The number of carbonyl (C=O) groups is 1. The predicted octanol–water partition coefficient (Wildman–Crippen LogP) is 3.88. The molecule has 1 amide bonds. The number of carbonyl (C=O) groups excluding carboxylic acids is 1. The fourth-order valence-electron chi connectivity index (χ4n) is 1.33. The summed E-state index contributed by atoms with van der Waals surface area (Å²) in [4.78, 5) is 10.8. The second-order valence-electron chi connectivity index (χ2n) is 4.32. The van der Waals surface area contributed by atoms with Crippen molar-refractivity contribution >= 4 is 56.5 Å². The number of amides is 1. The van der Waals surface area contributed by atoms with Gasteiger partial charge in [0.2, 0.25) is 5.91 Å². The average Bonchev–Trinajstić information content (AvgIpc) is 2.37. The third-order valence-corrected chi connectivity index (χ3v) is 3.79. The van der Waals surface area contributed by atoms with Crippen LogP contribution >= 0.6 is 34.8 Å². The zero-order chi connectivity index (χ0) is 19.7. The van der Waals surface area contributed by atoms with E-state index in [1.807, 2.05) is 0 Å². The molecule has 0 aliphatic rings. The van der Waals surface area contributed by atoms with Gasteiger partial charge in [-0.05, 0) is 24.3 Å². The van der Waals surface area contributed by atoms with Gasteiger partial charge < -0.3 is 9.50 Å². The molecular formula is C11H8Cl3F4NO5S. The Morgan fingerprint density at radius 2 is 1.56 bits per heavy atom. The number of ether oxygens (including phenoxy) is 1. The van der Waals surface area contributed by atoms with Crippen molar-refractivity contribution in [2.24, 2.45) is 0 Å². The van der Waals surface area contributed by atoms with Gasteiger partial charge in [0.15, 0.2) is 0 Å². The molecule has 25 heavy (non-hydrogen) atoms. The molecule has 1 rings (SSSR count). The van der Waals surface area contributed by atoms with Crippen LogP contribution in [0, 0.1) is 0 Å². The van der Waals surface area contributed by atoms with E-state index in [2.05, 4.69) is 14.2 Å². The highest BCUT2D eigenvalue weighted by Gasteiger charge is 2.71. The van der Waals surface area contributed by atoms with Crippen molar-refractivity contribution in [3.8, 4) is 5.75 Å². The van der Waals surface area contributed by atoms with Gasteiger partial charge in [-0.2, -0.15) is 26.0 Å². The standard InChI is InChI=1S/C11H8Cl3F4NO5S/c1-6(20)19-7-2-4-8(5-3-7)23-25(21,22)10(17,18)9(15,16)24-11(12,13)14/h2-5H,1H3,(H,19,20). The first kappa shape index (κ1) is 22.0. The Labute approximate surface area is 154 Å². The minimum absolute atomic E-state index is 0.175. The molecule has 0 radical (unpaired) electrons. The van der Waals surface area contributed by atoms with Crippen LogP contribution in [0.5, 0.6) is 5.75 Å². The number of hydrogen-bond donors (Lipinski definition) is 1. The van der Waals surface area contributed by atoms with E-state index in [0.717, 1.165) is 24.3 Å². The molecule has 0 bridgehead atoms. The van der Waals surface area contributed by atoms with Crippen LogP contribution in [0.1, 0.15) is 6.92 Å². The monoisotopic (exact) mass is 447 g/mol. The Hall–Kier alpha value is -1.01. The highest BCUT2D eigenvalue weighted by Crippen LogP contribution is 2.46. The molecule has 1 aromatic rings. The minimum Gasteiger partial charge on any atom is -0.378 e. The van der Waals surface area contributed by atoms with Crippen LogP contribution < -0.4 is 9.50 Å². The normalized spacial score (nSPS) is 13.4. The molecule has 0 saturated heterocycles. The quantitative estimate of drug-likeness (QED) is 0.406. The molecule has 1 aromatic carbocycles. The molecular weight excluding hydrogens is 441 g/mol. The van der Waals surface area contributed by atoms with E-state index in [1.54, 1.807) is 0 Å². The molecule has 0 atom stereocenters. The molecule has 0 unspecified atom stereocenters. The summed E-state index contributed by atoms with van der Waals surface area (Å²) >= 11 is 14.5. The predicted molar refractivity (Wildman–Crippen MR) is 81.6 cm³/mol. The first-order valence-corrected chi connectivity index (χ1v) is 8.46. The van der Waals surface area contributed by atoms with Crippen LogP contribution in [-0.4, -0.2) is 29.7 Å². The van der Waals surface area contributed by atoms with Gasteiger partial charge in [0.1, 0.15) is 5.75 Å². The highest BCUT2D eigenvalue weighted by atomic mass is 35.6. The molecule has 0 aromatic heterocycles. The maximum atomic E-state index is 13.6. The summed E-state index contributed by atoms with van der Waals surface area (Å²) in [5.41, 5.74) is 0.175. The fourth-order valence-corrected chi connectivity index (χ4v) is 2.42. The number of benzene rings is 1. The SMILES string of the molecule is CC(=O)Nc1ccc(OS(=O)(=O)C(F)(F)C(F)(F)OC(Cl)(Cl)Cl)cc1. The summed E-state index contributed by atoms with van der Waals surface area (Å²) in [6, 6.07) is 3.85. The van der Waals surface area contributed by atoms with Gasteiger partial charge >= 0.3 is 25.5 Å². The van der Waals surface area contributed by atoms with Gasteiger partial charge in [0, 0.05) is 12.6 Å². The first-order valence-electron chi connectivity index (χ1n) is 5.91. The smallest absolute Gasteiger partial charge is 0.378 e. The summed E-state index contributed by atoms with van der Waals surface area (Å²) in [5.74, 6) is -1.20. The number of alkyl halides is 7. The van der Waals surface area contributed by atoms with E-state index < -0.39 is 37.1 Å². The molecule has 142 valence electrons. The Morgan fingerprint density at radius 1 is 1.08 bits per heavy atom. The Kier molecular flexibility index (Phi) is 6.44. The van der Waals surface area contributed by atoms with E-state index in [0.29, 0.717) is 0 Å². The van der Waals surface area contributed by atoms with Crippen molar-refractivity contribution in [2.45, 2.75) is 22.3 Å². The molecule has 0 fully saturated rings. The third-order valence-electron chi connectivity index (χ3n) is 2.28. The molecule has 0 heterocycles. The number of rotatable bonds is 6. The summed E-state index contributed by atoms with van der Waals surface area (Å²) in [7, 11) is -6.25. The molecule has 0 aliphatic heterocycles. The number of anilines is 1. The lowest BCUT2D eigenvalue weighted by atomic mass is 10.3. The molecule has 0 spiro atoms. The third kappa shape index (κ3) is 5.74. The van der Waals surface area contributed by atoms with E-state index in [9.17, 15) is 30.8 Å². The van der Waals surface area contributed by atoms with Gasteiger partial charge in [-0.1, -0.05) is 34.8 Å². The molecule has 14 heteroatoms. The molecule has 0 aliphatic carbocycles. The lowest BCUT2D eigenvalue weighted by molar-refractivity contribution is -0.321. The number of halogens is 7. The van der Waals surface area contributed by atoms with Crippen LogP contribution in [0.3, 0.4) is 0 Å². The van der Waals surface area contributed by atoms with E-state index >= 15 is 0 Å². The molecule has 1 N–H and O–H groups in total. The zero-order valence-electron chi connectivity index (χ0n) is 11.9. The number of hydrogen-bond acceptors (Lipinski definition) is 5. The highest BCUT2D eigenvalue weighted by molar-refractivity contribution is 7.88. The summed E-state index contributed by atoms with van der Waals surface area (Å²) in [6.45, 7) is 1.18. The largest absolute Gasteiger partial charge is 0.471 e. The summed E-state index contributed by atoms with van der Waals surface area (Å²) in [5, 5.41) is -3.59. The second kappa shape index (κ2) is 7.31. The summed E-state index contributed by atoms with van der Waals surface area (Å²) in [6.07, 6.45) is -5.72. The van der Waals surface area contributed by atoms with Crippen LogP contribution in [0.15, 0.2) is 24.3 Å². The van der Waals surface area contributed by atoms with E-state index in [1.165, 1.54) is 6.92 Å². The fraction of sp³-hybridized carbons (Fsp3) is 0.364. The van der Waals surface area contributed by atoms with Crippen molar-refractivity contribution in [2.75, 3.05) is 5.32 Å². The van der Waals surface area contributed by atoms with Gasteiger partial charge in [0.25, 0.3) is 0 Å². The van der Waals surface area contributed by atoms with Crippen molar-refractivity contribution in [1.29, 1.82) is 0 Å². The Morgan fingerprint density at radius 3 is 1.96 bits per heavy atom. The van der Waals surface area contributed by atoms with E-state index in [-0.39, 0.29) is 5.69 Å². The zero-order valence-corrected chi connectivity index (χ0v) is 15.0. The van der Waals surface area contributed by atoms with Crippen molar-refractivity contribution in [3.63, 3.8) is 0 Å². The molecule has 0 saturated carbocycles. The lowest BCUT2D eigenvalue weighted by Crippen LogP contribution is -2.52. The number of nitrogens with one attached hydrogen (secondary N) is 1.